The van der Waals surface area contributed by atoms with E-state index in [0.717, 1.165) is 55.7 Å². The SMILES string of the molecule is Cc1ccccc1-c1nc(-c2ccccc2C#N)cc(-c2ccc(-n3c4ccccc4c4cc(N(c5ccccc5)c5ccccc5)ccc43)cc2C#N)n1. The first kappa shape index (κ1) is 33.1. The van der Waals surface area contributed by atoms with Crippen molar-refractivity contribution in [3.63, 3.8) is 0 Å². The zero-order valence-corrected chi connectivity index (χ0v) is 29.9. The minimum atomic E-state index is 0.480. The number of aromatic nitrogens is 3. The molecule has 0 aliphatic rings. The number of para-hydroxylation sites is 3. The minimum Gasteiger partial charge on any atom is -0.310 e. The van der Waals surface area contributed by atoms with Crippen molar-refractivity contribution in [2.24, 2.45) is 0 Å². The van der Waals surface area contributed by atoms with Gasteiger partial charge in [0.15, 0.2) is 5.82 Å². The highest BCUT2D eigenvalue weighted by Gasteiger charge is 2.20. The average Bonchev–Trinajstić information content (AvgIpc) is 3.58. The van der Waals surface area contributed by atoms with Crippen LogP contribution in [-0.4, -0.2) is 14.5 Å². The molecule has 2 heterocycles. The number of hydrogen-bond donors (Lipinski definition) is 0. The third kappa shape index (κ3) is 5.95. The Labute approximate surface area is 319 Å². The molecule has 0 atom stereocenters. The van der Waals surface area contributed by atoms with Crippen LogP contribution in [0.1, 0.15) is 16.7 Å². The van der Waals surface area contributed by atoms with Crippen molar-refractivity contribution in [3.05, 3.63) is 193 Å². The van der Waals surface area contributed by atoms with Gasteiger partial charge in [-0.05, 0) is 91.3 Å². The van der Waals surface area contributed by atoms with Gasteiger partial charge < -0.3 is 9.47 Å². The normalized spacial score (nSPS) is 11.0. The molecule has 0 aliphatic heterocycles. The number of nitriles is 2. The zero-order valence-electron chi connectivity index (χ0n) is 29.9. The summed E-state index contributed by atoms with van der Waals surface area (Å²) < 4.78 is 2.22. The standard InChI is InChI=1S/C49H32N6/c1-33-14-8-10-20-40(33)49-52-45(41-21-11-9-15-34(41)31-50)30-46(53-49)42-26-24-38(28-35(42)32-51)55-47-23-13-12-22-43(47)44-29-39(25-27-48(44)55)54(36-16-4-2-5-17-36)37-18-6-3-7-19-37/h2-30H,1H3. The quantitative estimate of drug-likeness (QED) is 0.165. The fourth-order valence-corrected chi connectivity index (χ4v) is 7.44. The second-order valence-corrected chi connectivity index (χ2v) is 13.3. The number of aryl methyl sites for hydroxylation is 1. The second-order valence-electron chi connectivity index (χ2n) is 13.3. The Bertz CT molecular complexity index is 2930. The van der Waals surface area contributed by atoms with E-state index in [2.05, 4.69) is 113 Å². The van der Waals surface area contributed by atoms with Crippen LogP contribution in [0.5, 0.6) is 0 Å². The lowest BCUT2D eigenvalue weighted by Gasteiger charge is -2.25. The predicted molar refractivity (Wildman–Crippen MR) is 222 cm³/mol. The first-order valence-electron chi connectivity index (χ1n) is 18.0. The summed E-state index contributed by atoms with van der Waals surface area (Å²) in [5.41, 5.74) is 11.6. The molecule has 0 radical (unpaired) electrons. The fraction of sp³-hybridized carbons (Fsp3) is 0.0204. The molecule has 7 aromatic carbocycles. The number of benzene rings is 7. The molecular weight excluding hydrogens is 673 g/mol. The number of hydrogen-bond acceptors (Lipinski definition) is 5. The molecule has 0 amide bonds. The van der Waals surface area contributed by atoms with E-state index in [1.54, 1.807) is 6.07 Å². The third-order valence-corrected chi connectivity index (χ3v) is 10.0. The largest absolute Gasteiger partial charge is 0.310 e. The molecule has 0 spiro atoms. The number of fused-ring (bicyclic) bond motifs is 3. The van der Waals surface area contributed by atoms with Gasteiger partial charge in [0.2, 0.25) is 0 Å². The molecule has 9 rings (SSSR count). The Morgan fingerprint density at radius 1 is 0.473 bits per heavy atom. The maximum atomic E-state index is 10.7. The van der Waals surface area contributed by atoms with Crippen molar-refractivity contribution >= 4 is 38.9 Å². The van der Waals surface area contributed by atoms with Gasteiger partial charge in [-0.2, -0.15) is 10.5 Å². The van der Waals surface area contributed by atoms with Gasteiger partial charge in [0.1, 0.15) is 0 Å². The zero-order chi connectivity index (χ0) is 37.3. The summed E-state index contributed by atoms with van der Waals surface area (Å²) in [6.07, 6.45) is 0. The maximum Gasteiger partial charge on any atom is 0.160 e. The van der Waals surface area contributed by atoms with Crippen LogP contribution in [0.3, 0.4) is 0 Å². The number of nitrogens with zero attached hydrogens (tertiary/aromatic N) is 6. The van der Waals surface area contributed by atoms with Crippen LogP contribution in [-0.2, 0) is 0 Å². The van der Waals surface area contributed by atoms with E-state index in [-0.39, 0.29) is 0 Å². The van der Waals surface area contributed by atoms with Crippen LogP contribution in [0, 0.1) is 29.6 Å². The van der Waals surface area contributed by atoms with E-state index in [1.165, 1.54) is 0 Å². The van der Waals surface area contributed by atoms with Crippen molar-refractivity contribution in [1.82, 2.24) is 14.5 Å². The molecule has 55 heavy (non-hydrogen) atoms. The molecule has 0 saturated carbocycles. The molecule has 0 unspecified atom stereocenters. The Hall–Kier alpha value is -7.80. The van der Waals surface area contributed by atoms with Crippen LogP contribution in [0.15, 0.2) is 176 Å². The van der Waals surface area contributed by atoms with Crippen LogP contribution in [0.25, 0.3) is 61.4 Å². The van der Waals surface area contributed by atoms with Crippen LogP contribution in [0.4, 0.5) is 17.1 Å². The predicted octanol–water partition coefficient (Wildman–Crippen LogP) is 12.1. The average molecular weight is 705 g/mol. The van der Waals surface area contributed by atoms with E-state index in [1.807, 2.05) is 85.8 Å². The highest BCUT2D eigenvalue weighted by Crippen LogP contribution is 2.40. The molecule has 0 saturated heterocycles. The minimum absolute atomic E-state index is 0.480. The third-order valence-electron chi connectivity index (χ3n) is 10.0. The van der Waals surface area contributed by atoms with Crippen molar-refractivity contribution < 1.29 is 0 Å². The summed E-state index contributed by atoms with van der Waals surface area (Å²) in [6.45, 7) is 2.03. The Kier molecular flexibility index (Phi) is 8.40. The van der Waals surface area contributed by atoms with Gasteiger partial charge in [-0.3, -0.25) is 0 Å². The van der Waals surface area contributed by atoms with Crippen LogP contribution >= 0.6 is 0 Å². The van der Waals surface area contributed by atoms with E-state index in [4.69, 9.17) is 9.97 Å². The Morgan fingerprint density at radius 2 is 1.05 bits per heavy atom. The van der Waals surface area contributed by atoms with Crippen molar-refractivity contribution in [3.8, 4) is 51.7 Å². The molecular formula is C49H32N6. The van der Waals surface area contributed by atoms with Gasteiger partial charge in [0.05, 0.1) is 45.7 Å². The Morgan fingerprint density at radius 3 is 1.75 bits per heavy atom. The fourth-order valence-electron chi connectivity index (χ4n) is 7.44. The lowest BCUT2D eigenvalue weighted by Crippen LogP contribution is -2.09. The lowest BCUT2D eigenvalue weighted by molar-refractivity contribution is 1.16. The van der Waals surface area contributed by atoms with Crippen LogP contribution in [0.2, 0.25) is 0 Å². The molecule has 6 heteroatoms. The summed E-state index contributed by atoms with van der Waals surface area (Å²) in [5.74, 6) is 0.532. The molecule has 9 aromatic rings. The van der Waals surface area contributed by atoms with Crippen molar-refractivity contribution in [2.75, 3.05) is 4.90 Å². The van der Waals surface area contributed by atoms with E-state index in [0.29, 0.717) is 39.5 Å². The highest BCUT2D eigenvalue weighted by molar-refractivity contribution is 6.10. The highest BCUT2D eigenvalue weighted by atomic mass is 15.1. The molecule has 0 aliphatic carbocycles. The maximum absolute atomic E-state index is 10.7. The van der Waals surface area contributed by atoms with Crippen molar-refractivity contribution in [1.29, 1.82) is 10.5 Å². The van der Waals surface area contributed by atoms with Crippen LogP contribution < -0.4 is 4.90 Å². The first-order chi connectivity index (χ1) is 27.1. The van der Waals surface area contributed by atoms with Gasteiger partial charge in [-0.25, -0.2) is 9.97 Å². The molecule has 0 bridgehead atoms. The van der Waals surface area contributed by atoms with E-state index < -0.39 is 0 Å². The second kappa shape index (κ2) is 14.0. The van der Waals surface area contributed by atoms with Gasteiger partial charge in [0.25, 0.3) is 0 Å². The van der Waals surface area contributed by atoms with Crippen molar-refractivity contribution in [2.45, 2.75) is 6.92 Å². The summed E-state index contributed by atoms with van der Waals surface area (Å²) in [4.78, 5) is 12.3. The molecule has 6 nitrogen and oxygen atoms in total. The van der Waals surface area contributed by atoms with Gasteiger partial charge in [0, 0.05) is 50.2 Å². The van der Waals surface area contributed by atoms with E-state index >= 15 is 0 Å². The van der Waals surface area contributed by atoms with E-state index in [9.17, 15) is 10.5 Å². The topological polar surface area (TPSA) is 81.5 Å². The Balaban J connectivity index is 1.21. The molecule has 0 fully saturated rings. The smallest absolute Gasteiger partial charge is 0.160 e. The first-order valence-corrected chi connectivity index (χ1v) is 18.0. The molecule has 258 valence electrons. The van der Waals surface area contributed by atoms with Gasteiger partial charge in [-0.1, -0.05) is 97.1 Å². The summed E-state index contributed by atoms with van der Waals surface area (Å²) in [5, 5.41) is 22.9. The lowest BCUT2D eigenvalue weighted by atomic mass is 9.99. The van der Waals surface area contributed by atoms with Gasteiger partial charge in [-0.15, -0.1) is 0 Å². The summed E-state index contributed by atoms with van der Waals surface area (Å²) in [7, 11) is 0. The summed E-state index contributed by atoms with van der Waals surface area (Å²) in [6, 6.07) is 63.8. The summed E-state index contributed by atoms with van der Waals surface area (Å²) >= 11 is 0. The van der Waals surface area contributed by atoms with Gasteiger partial charge >= 0.3 is 0 Å². The number of anilines is 3. The molecule has 2 aromatic heterocycles. The molecule has 0 N–H and O–H groups in total. The monoisotopic (exact) mass is 704 g/mol. The number of rotatable bonds is 7.